The van der Waals surface area contributed by atoms with Crippen LogP contribution in [0.1, 0.15) is 18.2 Å². The van der Waals surface area contributed by atoms with Crippen LogP contribution in [0.2, 0.25) is 0 Å². The number of carbonyl (C=O) groups is 1. The molecular weight excluding hydrogens is 388 g/mol. The number of carbonyl (C=O) groups excluding carboxylic acids is 1. The third kappa shape index (κ3) is 3.92. The van der Waals surface area contributed by atoms with E-state index < -0.39 is 48.7 Å². The maximum absolute atomic E-state index is 12.2. The predicted octanol–water partition coefficient (Wildman–Crippen LogP) is -0.135. The van der Waals surface area contributed by atoms with Gasteiger partial charge in [0.2, 0.25) is 6.29 Å². The van der Waals surface area contributed by atoms with Crippen molar-refractivity contribution in [3.05, 3.63) is 33.7 Å². The van der Waals surface area contributed by atoms with Crippen molar-refractivity contribution < 1.29 is 43.8 Å². The van der Waals surface area contributed by atoms with E-state index in [1.807, 2.05) is 0 Å². The highest BCUT2D eigenvalue weighted by Crippen LogP contribution is 2.36. The summed E-state index contributed by atoms with van der Waals surface area (Å²) in [5.41, 5.74) is -0.186. The number of aliphatic hydroxyl groups is 3. The molecule has 1 aliphatic heterocycles. The highest BCUT2D eigenvalue weighted by molar-refractivity contribution is 5.86. The molecular formula is C19H22O10. The van der Waals surface area contributed by atoms with Gasteiger partial charge in [0.15, 0.2) is 11.5 Å². The molecule has 5 atom stereocenters. The van der Waals surface area contributed by atoms with E-state index in [0.717, 1.165) is 6.92 Å². The Morgan fingerprint density at radius 3 is 2.52 bits per heavy atom. The highest BCUT2D eigenvalue weighted by Gasteiger charge is 2.47. The van der Waals surface area contributed by atoms with Crippen molar-refractivity contribution in [1.29, 1.82) is 0 Å². The molecule has 1 aliphatic rings. The van der Waals surface area contributed by atoms with Gasteiger partial charge in [-0.05, 0) is 13.8 Å². The Labute approximate surface area is 164 Å². The Bertz CT molecular complexity index is 981. The van der Waals surface area contributed by atoms with Crippen molar-refractivity contribution in [1.82, 2.24) is 0 Å². The first-order chi connectivity index (χ1) is 13.6. The van der Waals surface area contributed by atoms with Gasteiger partial charge in [-0.1, -0.05) is 0 Å². The van der Waals surface area contributed by atoms with Gasteiger partial charge in [-0.2, -0.15) is 0 Å². The van der Waals surface area contributed by atoms with E-state index in [-0.39, 0.29) is 28.0 Å². The first-order valence-electron chi connectivity index (χ1n) is 8.87. The molecule has 2 aromatic rings. The van der Waals surface area contributed by atoms with Gasteiger partial charge in [0, 0.05) is 24.6 Å². The maximum Gasteiger partial charge on any atom is 0.303 e. The number of ether oxygens (including phenoxy) is 3. The molecule has 1 aromatic carbocycles. The molecule has 2 heterocycles. The number of aromatic hydroxyl groups is 1. The lowest BCUT2D eigenvalue weighted by Gasteiger charge is -2.41. The van der Waals surface area contributed by atoms with Crippen LogP contribution in [-0.2, 0) is 14.3 Å². The van der Waals surface area contributed by atoms with Crippen molar-refractivity contribution in [2.24, 2.45) is 0 Å². The van der Waals surface area contributed by atoms with Gasteiger partial charge in [0.25, 0.3) is 0 Å². The van der Waals surface area contributed by atoms with Crippen LogP contribution in [0.3, 0.4) is 0 Å². The minimum Gasteiger partial charge on any atom is -0.507 e. The summed E-state index contributed by atoms with van der Waals surface area (Å²) >= 11 is 0. The van der Waals surface area contributed by atoms with Crippen LogP contribution in [0.15, 0.2) is 21.3 Å². The van der Waals surface area contributed by atoms with E-state index >= 15 is 0 Å². The fraction of sp³-hybridized carbons (Fsp3) is 0.474. The van der Waals surface area contributed by atoms with E-state index in [1.54, 1.807) is 6.92 Å². The molecule has 0 amide bonds. The minimum atomic E-state index is -1.59. The zero-order chi connectivity index (χ0) is 21.5. The fourth-order valence-corrected chi connectivity index (χ4v) is 3.21. The third-order valence-electron chi connectivity index (χ3n) is 4.69. The molecule has 1 saturated heterocycles. The first-order valence-corrected chi connectivity index (χ1v) is 8.87. The second-order valence-corrected chi connectivity index (χ2v) is 6.84. The molecule has 3 rings (SSSR count). The van der Waals surface area contributed by atoms with Crippen LogP contribution < -0.4 is 10.2 Å². The van der Waals surface area contributed by atoms with Crippen LogP contribution >= 0.6 is 0 Å². The van der Waals surface area contributed by atoms with Crippen molar-refractivity contribution in [3.8, 4) is 11.5 Å². The number of aryl methyl sites for hydroxylation is 1. The second kappa shape index (κ2) is 7.99. The summed E-state index contributed by atoms with van der Waals surface area (Å²) in [5, 5.41) is 40.1. The van der Waals surface area contributed by atoms with E-state index in [4.69, 9.17) is 18.6 Å². The summed E-state index contributed by atoms with van der Waals surface area (Å²) < 4.78 is 21.7. The third-order valence-corrected chi connectivity index (χ3v) is 4.69. The van der Waals surface area contributed by atoms with E-state index in [2.05, 4.69) is 0 Å². The summed E-state index contributed by atoms with van der Waals surface area (Å²) in [6, 6.07) is 2.60. The normalized spacial score (nSPS) is 27.0. The molecule has 0 saturated carbocycles. The zero-order valence-corrected chi connectivity index (χ0v) is 16.0. The highest BCUT2D eigenvalue weighted by atomic mass is 16.7. The zero-order valence-electron chi connectivity index (χ0n) is 16.0. The first kappa shape index (κ1) is 21.1. The summed E-state index contributed by atoms with van der Waals surface area (Å²) in [5.74, 6) is -0.750. The Morgan fingerprint density at radius 2 is 1.90 bits per heavy atom. The lowest BCUT2D eigenvalue weighted by molar-refractivity contribution is -0.281. The number of esters is 1. The summed E-state index contributed by atoms with van der Waals surface area (Å²) in [6.45, 7) is 3.55. The minimum absolute atomic E-state index is 0.0229. The number of hydrogen-bond donors (Lipinski definition) is 4. The lowest BCUT2D eigenvalue weighted by atomic mass is 9.99. The molecule has 158 valence electrons. The van der Waals surface area contributed by atoms with Crippen molar-refractivity contribution >= 4 is 16.9 Å². The average molecular weight is 410 g/mol. The standard InChI is InChI=1S/C19H22O10/c1-7-4-10(22)14-12(26-7)5-11(8(2)15(14)23)28-19-18(27-9(3)21)17(25)16(24)13(6-20)29-19/h4-5,13,16-20,23-25H,6H2,1-3H3. The number of hydrogen-bond acceptors (Lipinski definition) is 10. The molecule has 10 heteroatoms. The SMILES string of the molecule is CC(=O)OC1C(Oc2cc3oc(C)cc(=O)c3c(O)c2C)OC(CO)C(O)C1O. The van der Waals surface area contributed by atoms with E-state index in [0.29, 0.717) is 5.76 Å². The largest absolute Gasteiger partial charge is 0.507 e. The van der Waals surface area contributed by atoms with Gasteiger partial charge >= 0.3 is 5.97 Å². The monoisotopic (exact) mass is 410 g/mol. The van der Waals surface area contributed by atoms with Gasteiger partial charge in [-0.25, -0.2) is 0 Å². The molecule has 5 unspecified atom stereocenters. The van der Waals surface area contributed by atoms with E-state index in [9.17, 15) is 30.0 Å². The fourth-order valence-electron chi connectivity index (χ4n) is 3.21. The molecule has 1 aromatic heterocycles. The number of phenols is 1. The predicted molar refractivity (Wildman–Crippen MR) is 97.6 cm³/mol. The van der Waals surface area contributed by atoms with Gasteiger partial charge in [-0.3, -0.25) is 9.59 Å². The Kier molecular flexibility index (Phi) is 5.80. The summed E-state index contributed by atoms with van der Waals surface area (Å²) in [6.07, 6.45) is -7.13. The molecule has 0 aliphatic carbocycles. The Hall–Kier alpha value is -2.66. The molecule has 0 bridgehead atoms. The Balaban J connectivity index is 2.03. The maximum atomic E-state index is 12.2. The number of aliphatic hydroxyl groups excluding tert-OH is 3. The lowest BCUT2D eigenvalue weighted by Crippen LogP contribution is -2.61. The van der Waals surface area contributed by atoms with Crippen molar-refractivity contribution in [3.63, 3.8) is 0 Å². The van der Waals surface area contributed by atoms with Crippen LogP contribution in [0, 0.1) is 13.8 Å². The van der Waals surface area contributed by atoms with Gasteiger partial charge in [-0.15, -0.1) is 0 Å². The summed E-state index contributed by atoms with van der Waals surface area (Å²) in [7, 11) is 0. The number of rotatable bonds is 4. The van der Waals surface area contributed by atoms with Gasteiger partial charge < -0.3 is 39.1 Å². The van der Waals surface area contributed by atoms with Crippen molar-refractivity contribution in [2.75, 3.05) is 6.61 Å². The van der Waals surface area contributed by atoms with Crippen LogP contribution in [0.25, 0.3) is 11.0 Å². The molecule has 0 radical (unpaired) electrons. The van der Waals surface area contributed by atoms with E-state index in [1.165, 1.54) is 19.1 Å². The van der Waals surface area contributed by atoms with Gasteiger partial charge in [0.05, 0.1) is 6.61 Å². The smallest absolute Gasteiger partial charge is 0.303 e. The average Bonchev–Trinajstić information content (AvgIpc) is 2.64. The molecule has 1 fully saturated rings. The quantitative estimate of drug-likeness (QED) is 0.501. The van der Waals surface area contributed by atoms with Crippen molar-refractivity contribution in [2.45, 2.75) is 51.5 Å². The van der Waals surface area contributed by atoms with Crippen LogP contribution in [0.4, 0.5) is 0 Å². The molecule has 29 heavy (non-hydrogen) atoms. The number of benzene rings is 1. The topological polar surface area (TPSA) is 156 Å². The van der Waals surface area contributed by atoms with Crippen LogP contribution in [-0.4, -0.2) is 63.7 Å². The second-order valence-electron chi connectivity index (χ2n) is 6.84. The molecule has 10 nitrogen and oxygen atoms in total. The van der Waals surface area contributed by atoms with Gasteiger partial charge in [0.1, 0.15) is 46.5 Å². The number of phenolic OH excluding ortho intramolecular Hbond substituents is 1. The van der Waals surface area contributed by atoms with Crippen LogP contribution in [0.5, 0.6) is 11.5 Å². The summed E-state index contributed by atoms with van der Waals surface area (Å²) in [4.78, 5) is 23.6. The Morgan fingerprint density at radius 1 is 1.21 bits per heavy atom. The molecule has 4 N–H and O–H groups in total. The number of fused-ring (bicyclic) bond motifs is 1. The molecule has 0 spiro atoms.